The third-order valence-electron chi connectivity index (χ3n) is 6.12. The molecule has 2 aromatic rings. The monoisotopic (exact) mass is 542 g/mol. The van der Waals surface area contributed by atoms with E-state index in [9.17, 15) is 19.5 Å². The van der Waals surface area contributed by atoms with Gasteiger partial charge in [0.25, 0.3) is 0 Å². The van der Waals surface area contributed by atoms with Crippen LogP contribution in [0.5, 0.6) is 0 Å². The van der Waals surface area contributed by atoms with Gasteiger partial charge in [-0.3, -0.25) is 4.79 Å². The number of aliphatic carboxylic acids is 2. The Morgan fingerprint density at radius 1 is 1.14 bits per heavy atom. The van der Waals surface area contributed by atoms with Crippen molar-refractivity contribution in [1.29, 1.82) is 0 Å². The van der Waals surface area contributed by atoms with Crippen LogP contribution in [0.25, 0.3) is 11.0 Å². The maximum Gasteiger partial charge on any atom is 0.335 e. The number of hydrogen-bond donors (Lipinski definition) is 6. The number of aliphatic hydroxyl groups excluding tert-OH is 2. The number of likely N-dealkylation sites (tertiary alicyclic amines) is 1. The summed E-state index contributed by atoms with van der Waals surface area (Å²) in [4.78, 5) is 34.7. The number of aryl methyl sites for hydroxylation is 1. The summed E-state index contributed by atoms with van der Waals surface area (Å²) in [6, 6.07) is 3.46. The van der Waals surface area contributed by atoms with Gasteiger partial charge in [-0.1, -0.05) is 11.6 Å². The molecule has 7 N–H and O–H groups in total. The third kappa shape index (κ3) is 8.68. The molecule has 12 heteroatoms. The number of carboxylic acids is 2. The number of Topliss-reactive ketones (excluding diaryl/α,β-unsaturated/α-hetero) is 1. The van der Waals surface area contributed by atoms with Gasteiger partial charge in [-0.25, -0.2) is 9.59 Å². The quantitative estimate of drug-likeness (QED) is 0.201. The number of nitrogens with zero attached hydrogens (tertiary/aromatic N) is 1. The molecule has 2 unspecified atom stereocenters. The maximum atomic E-state index is 12.8. The largest absolute Gasteiger partial charge is 0.479 e. The SMILES string of the molecule is Cc1cc2c(N)c(Cl)cc(C(=O)CCC3CCN(CC(C)(C)O)CC3)c2o1.O=C(O)C(O)C(O)C(=O)O. The molecule has 1 aliphatic heterocycles. The van der Waals surface area contributed by atoms with Crippen LogP contribution >= 0.6 is 11.6 Å². The second kappa shape index (κ2) is 12.7. The van der Waals surface area contributed by atoms with Crippen molar-refractivity contribution in [3.63, 3.8) is 0 Å². The number of nitrogen functional groups attached to an aromatic ring is 1. The fraction of sp³-hybridized carbons (Fsp3) is 0.560. The average molecular weight is 543 g/mol. The Hall–Kier alpha value is -2.70. The van der Waals surface area contributed by atoms with Crippen LogP contribution in [-0.2, 0) is 9.59 Å². The maximum absolute atomic E-state index is 12.8. The highest BCUT2D eigenvalue weighted by atomic mass is 35.5. The van der Waals surface area contributed by atoms with Crippen molar-refractivity contribution in [3.8, 4) is 0 Å². The smallest absolute Gasteiger partial charge is 0.335 e. The molecular formula is C25H35ClN2O9. The first-order chi connectivity index (χ1) is 17.1. The summed E-state index contributed by atoms with van der Waals surface area (Å²) in [6.07, 6.45) is -1.08. The fourth-order valence-electron chi connectivity index (χ4n) is 4.24. The van der Waals surface area contributed by atoms with Crippen LogP contribution in [0, 0.1) is 12.8 Å². The molecule has 37 heavy (non-hydrogen) atoms. The van der Waals surface area contributed by atoms with E-state index in [1.165, 1.54) is 0 Å². The Morgan fingerprint density at radius 3 is 2.16 bits per heavy atom. The predicted molar refractivity (Wildman–Crippen MR) is 137 cm³/mol. The number of furan rings is 1. The third-order valence-corrected chi connectivity index (χ3v) is 6.43. The van der Waals surface area contributed by atoms with E-state index in [0.29, 0.717) is 51.9 Å². The predicted octanol–water partition coefficient (Wildman–Crippen LogP) is 2.30. The lowest BCUT2D eigenvalue weighted by molar-refractivity contribution is -0.165. The lowest BCUT2D eigenvalue weighted by Crippen LogP contribution is -2.42. The van der Waals surface area contributed by atoms with Gasteiger partial charge in [-0.15, -0.1) is 0 Å². The number of hydrogen-bond acceptors (Lipinski definition) is 9. The standard InChI is InChI=1S/C21H29ClN2O3.C4H6O6/c1-13-10-16-19(23)17(22)11-15(20(16)27-13)18(25)5-4-14-6-8-24(9-7-14)12-21(2,3)26;5-1(3(7)8)2(6)4(9)10/h10-11,14,26H,4-9,12,23H2,1-3H3;1-2,5-6H,(H,7,8)(H,9,10). The normalized spacial score (nSPS) is 16.6. The highest BCUT2D eigenvalue weighted by Gasteiger charge is 2.29. The molecule has 0 aliphatic carbocycles. The van der Waals surface area contributed by atoms with E-state index in [-0.39, 0.29) is 5.78 Å². The van der Waals surface area contributed by atoms with E-state index in [0.717, 1.165) is 32.4 Å². The number of fused-ring (bicyclic) bond motifs is 1. The summed E-state index contributed by atoms with van der Waals surface area (Å²) in [5.74, 6) is -2.24. The second-order valence-electron chi connectivity index (χ2n) is 9.98. The number of nitrogens with two attached hydrogens (primary N) is 1. The van der Waals surface area contributed by atoms with Crippen LogP contribution < -0.4 is 5.73 Å². The number of piperidine rings is 1. The summed E-state index contributed by atoms with van der Waals surface area (Å²) >= 11 is 6.22. The van der Waals surface area contributed by atoms with E-state index in [2.05, 4.69) is 4.90 Å². The van der Waals surface area contributed by atoms with E-state index in [1.54, 1.807) is 6.07 Å². The van der Waals surface area contributed by atoms with Gasteiger partial charge in [0, 0.05) is 18.4 Å². The molecular weight excluding hydrogens is 508 g/mol. The van der Waals surface area contributed by atoms with Gasteiger partial charge in [0.15, 0.2) is 18.0 Å². The lowest BCUT2D eigenvalue weighted by Gasteiger charge is -2.35. The van der Waals surface area contributed by atoms with Gasteiger partial charge in [0.1, 0.15) is 11.3 Å². The Morgan fingerprint density at radius 2 is 1.68 bits per heavy atom. The van der Waals surface area contributed by atoms with Crippen LogP contribution in [0.1, 0.15) is 55.6 Å². The minimum Gasteiger partial charge on any atom is -0.479 e. The summed E-state index contributed by atoms with van der Waals surface area (Å²) in [7, 11) is 0. The molecule has 1 aliphatic rings. The van der Waals surface area contributed by atoms with Gasteiger partial charge in [0.05, 0.1) is 21.9 Å². The van der Waals surface area contributed by atoms with Crippen molar-refractivity contribution < 1.29 is 44.3 Å². The van der Waals surface area contributed by atoms with Gasteiger partial charge < -0.3 is 40.6 Å². The van der Waals surface area contributed by atoms with Crippen LogP contribution in [0.15, 0.2) is 16.5 Å². The number of carboxylic acid groups (broad SMARTS) is 2. The Kier molecular flexibility index (Phi) is 10.5. The number of anilines is 1. The molecule has 2 atom stereocenters. The van der Waals surface area contributed by atoms with Crippen molar-refractivity contribution in [2.45, 2.75) is 64.3 Å². The number of carbonyl (C=O) groups excluding carboxylic acids is 1. The molecule has 11 nitrogen and oxygen atoms in total. The van der Waals surface area contributed by atoms with E-state index in [1.807, 2.05) is 26.8 Å². The van der Waals surface area contributed by atoms with Gasteiger partial charge in [0.2, 0.25) is 0 Å². The number of aliphatic hydroxyl groups is 3. The number of rotatable bonds is 9. The summed E-state index contributed by atoms with van der Waals surface area (Å²) < 4.78 is 5.72. The van der Waals surface area contributed by atoms with Crippen LogP contribution in [0.3, 0.4) is 0 Å². The number of β-amino-alcohol motifs (C(OH)–C–C–N with tert-alkyl or cyclic N) is 1. The highest BCUT2D eigenvalue weighted by Crippen LogP contribution is 2.35. The molecule has 3 rings (SSSR count). The van der Waals surface area contributed by atoms with Crippen molar-refractivity contribution in [2.75, 3.05) is 25.4 Å². The highest BCUT2D eigenvalue weighted by molar-refractivity contribution is 6.35. The molecule has 1 aromatic carbocycles. The lowest BCUT2D eigenvalue weighted by atomic mass is 9.89. The van der Waals surface area contributed by atoms with Crippen molar-refractivity contribution in [2.24, 2.45) is 5.92 Å². The molecule has 0 bridgehead atoms. The molecule has 1 saturated heterocycles. The Bertz CT molecular complexity index is 1100. The number of carbonyl (C=O) groups is 3. The van der Waals surface area contributed by atoms with Crippen LogP contribution in [0.2, 0.25) is 5.02 Å². The molecule has 206 valence electrons. The first-order valence-electron chi connectivity index (χ1n) is 11.9. The summed E-state index contributed by atoms with van der Waals surface area (Å²) in [6.45, 7) is 8.15. The van der Waals surface area contributed by atoms with E-state index in [4.69, 9.17) is 42.2 Å². The Balaban J connectivity index is 0.000000410. The van der Waals surface area contributed by atoms with Crippen LogP contribution in [-0.4, -0.2) is 85.6 Å². The molecule has 1 aromatic heterocycles. The minimum atomic E-state index is -2.27. The molecule has 0 amide bonds. The molecule has 0 spiro atoms. The zero-order chi connectivity index (χ0) is 28.1. The summed E-state index contributed by atoms with van der Waals surface area (Å²) in [5, 5.41) is 43.6. The zero-order valence-corrected chi connectivity index (χ0v) is 21.9. The molecule has 0 radical (unpaired) electrons. The number of ketones is 1. The molecule has 2 heterocycles. The second-order valence-corrected chi connectivity index (χ2v) is 10.4. The van der Waals surface area contributed by atoms with Crippen molar-refractivity contribution in [1.82, 2.24) is 4.90 Å². The fourth-order valence-corrected chi connectivity index (χ4v) is 4.45. The van der Waals surface area contributed by atoms with Crippen LogP contribution in [0.4, 0.5) is 5.69 Å². The zero-order valence-electron chi connectivity index (χ0n) is 21.1. The van der Waals surface area contributed by atoms with Gasteiger partial charge in [-0.05, 0) is 71.2 Å². The topological polar surface area (TPSA) is 195 Å². The summed E-state index contributed by atoms with van der Waals surface area (Å²) in [5.41, 5.74) is 6.88. The van der Waals surface area contributed by atoms with E-state index >= 15 is 0 Å². The van der Waals surface area contributed by atoms with Crippen molar-refractivity contribution in [3.05, 3.63) is 28.5 Å². The van der Waals surface area contributed by atoms with Gasteiger partial charge in [-0.2, -0.15) is 0 Å². The van der Waals surface area contributed by atoms with Gasteiger partial charge >= 0.3 is 11.9 Å². The first-order valence-corrected chi connectivity index (χ1v) is 12.3. The van der Waals surface area contributed by atoms with Crippen molar-refractivity contribution >= 4 is 46.0 Å². The van der Waals surface area contributed by atoms with E-state index < -0.39 is 29.7 Å². The first kappa shape index (κ1) is 30.5. The molecule has 1 fully saturated rings. The minimum absolute atomic E-state index is 0.0511. The average Bonchev–Trinajstić information content (AvgIpc) is 3.20. The molecule has 0 saturated carbocycles. The number of halogens is 1. The number of benzene rings is 1. The Labute approximate surface area is 219 Å².